The lowest BCUT2D eigenvalue weighted by Crippen LogP contribution is -2.31. The number of ether oxygens (including phenoxy) is 3. The van der Waals surface area contributed by atoms with Crippen molar-refractivity contribution in [2.75, 3.05) is 13.8 Å². The fourth-order valence-electron chi connectivity index (χ4n) is 3.98. The van der Waals surface area contributed by atoms with Crippen molar-refractivity contribution in [2.24, 2.45) is 0 Å². The number of hydrogen-bond donors (Lipinski definition) is 0. The maximum atomic E-state index is 13.1. The maximum Gasteiger partial charge on any atom is 0.337 e. The highest BCUT2D eigenvalue weighted by molar-refractivity contribution is 7.09. The van der Waals surface area contributed by atoms with Gasteiger partial charge in [0.1, 0.15) is 18.2 Å². The van der Waals surface area contributed by atoms with Crippen molar-refractivity contribution in [3.05, 3.63) is 86.3 Å². The van der Waals surface area contributed by atoms with Crippen LogP contribution in [0.5, 0.6) is 11.5 Å². The number of benzene rings is 2. The molecule has 0 bridgehead atoms. The van der Waals surface area contributed by atoms with Gasteiger partial charge in [-0.15, -0.1) is 11.3 Å². The molecule has 5 rings (SSSR count). The molecule has 0 fully saturated rings. The highest BCUT2D eigenvalue weighted by Gasteiger charge is 2.35. The van der Waals surface area contributed by atoms with Crippen LogP contribution in [-0.2, 0) is 17.8 Å². The van der Waals surface area contributed by atoms with Crippen LogP contribution < -0.4 is 9.47 Å². The summed E-state index contributed by atoms with van der Waals surface area (Å²) in [5.74, 6) is 1.06. The molecule has 1 aromatic heterocycles. The second-order valence-corrected chi connectivity index (χ2v) is 8.80. The van der Waals surface area contributed by atoms with E-state index in [9.17, 15) is 9.59 Å². The van der Waals surface area contributed by atoms with Gasteiger partial charge in [0.15, 0.2) is 5.76 Å². The molecule has 6 nitrogen and oxygen atoms in total. The van der Waals surface area contributed by atoms with Crippen LogP contribution in [0.2, 0.25) is 0 Å². The summed E-state index contributed by atoms with van der Waals surface area (Å²) in [5, 5.41) is 2.06. The van der Waals surface area contributed by atoms with Gasteiger partial charge in [0.05, 0.1) is 23.8 Å². The smallest absolute Gasteiger partial charge is 0.337 e. The van der Waals surface area contributed by atoms with Crippen molar-refractivity contribution < 1.29 is 23.8 Å². The summed E-state index contributed by atoms with van der Waals surface area (Å²) in [6.45, 7) is 3.81. The number of carbonyl (C=O) groups excluding carboxylic acids is 2. The van der Waals surface area contributed by atoms with Gasteiger partial charge in [0, 0.05) is 18.0 Å². The second kappa shape index (κ2) is 8.26. The van der Waals surface area contributed by atoms with Gasteiger partial charge in [-0.05, 0) is 53.8 Å². The van der Waals surface area contributed by atoms with Crippen LogP contribution in [0.25, 0.3) is 6.08 Å². The first-order valence-electron chi connectivity index (χ1n) is 10.2. The number of rotatable bonds is 4. The second-order valence-electron chi connectivity index (χ2n) is 7.77. The van der Waals surface area contributed by atoms with Gasteiger partial charge < -0.3 is 14.2 Å². The molecule has 0 saturated heterocycles. The zero-order chi connectivity index (χ0) is 22.2. The quantitative estimate of drug-likeness (QED) is 0.422. The van der Waals surface area contributed by atoms with E-state index in [1.807, 2.05) is 19.1 Å². The van der Waals surface area contributed by atoms with Crippen molar-refractivity contribution in [3.63, 3.8) is 0 Å². The van der Waals surface area contributed by atoms with Gasteiger partial charge in [-0.25, -0.2) is 4.79 Å². The first kappa shape index (κ1) is 20.5. The Balaban J connectivity index is 1.44. The van der Waals surface area contributed by atoms with Crippen LogP contribution in [0.4, 0.5) is 0 Å². The van der Waals surface area contributed by atoms with E-state index < -0.39 is 5.97 Å². The molecule has 0 aliphatic carbocycles. The molecule has 2 aromatic carbocycles. The number of hydrogen-bond acceptors (Lipinski definition) is 7. The van der Waals surface area contributed by atoms with E-state index in [2.05, 4.69) is 16.3 Å². The Bertz CT molecular complexity index is 1230. The van der Waals surface area contributed by atoms with E-state index in [0.29, 0.717) is 30.2 Å². The minimum atomic E-state index is -0.404. The molecular formula is C25H21NO5S. The first-order valence-corrected chi connectivity index (χ1v) is 11.1. The Labute approximate surface area is 189 Å². The van der Waals surface area contributed by atoms with Crippen LogP contribution in [-0.4, -0.2) is 30.5 Å². The minimum Gasteiger partial charge on any atom is -0.478 e. The monoisotopic (exact) mass is 447 g/mol. The topological polar surface area (TPSA) is 65.1 Å². The molecule has 0 amide bonds. The predicted molar refractivity (Wildman–Crippen MR) is 121 cm³/mol. The predicted octanol–water partition coefficient (Wildman–Crippen LogP) is 4.81. The molecule has 0 atom stereocenters. The van der Waals surface area contributed by atoms with Gasteiger partial charge in [-0.2, -0.15) is 0 Å². The summed E-state index contributed by atoms with van der Waals surface area (Å²) in [6, 6.07) is 12.9. The van der Waals surface area contributed by atoms with E-state index in [-0.39, 0.29) is 11.5 Å². The normalized spacial score (nSPS) is 16.3. The summed E-state index contributed by atoms with van der Waals surface area (Å²) >= 11 is 1.71. The standard InChI is InChI=1S/C25H21NO5S/c1-15-10-20-19(13-26(14-30-20)12-18-4-3-9-32-18)24-22(15)23(27)21(31-24)11-16-5-7-17(8-6-16)25(28)29-2/h3-11H,12-14H2,1-2H3/b21-11-. The Morgan fingerprint density at radius 2 is 2.06 bits per heavy atom. The maximum absolute atomic E-state index is 13.1. The number of ketones is 1. The average Bonchev–Trinajstić information content (AvgIpc) is 3.43. The molecule has 3 heterocycles. The van der Waals surface area contributed by atoms with Crippen molar-refractivity contribution in [3.8, 4) is 11.5 Å². The number of methoxy groups -OCH3 is 1. The lowest BCUT2D eigenvalue weighted by molar-refractivity contribution is 0.0600. The van der Waals surface area contributed by atoms with E-state index in [0.717, 1.165) is 29.0 Å². The van der Waals surface area contributed by atoms with Crippen molar-refractivity contribution >= 4 is 29.2 Å². The molecule has 3 aromatic rings. The summed E-state index contributed by atoms with van der Waals surface area (Å²) in [7, 11) is 1.34. The van der Waals surface area contributed by atoms with Crippen LogP contribution in [0.3, 0.4) is 0 Å². The van der Waals surface area contributed by atoms with Crippen LogP contribution in [0.1, 0.15) is 42.3 Å². The summed E-state index contributed by atoms with van der Waals surface area (Å²) in [6.07, 6.45) is 1.70. The lowest BCUT2D eigenvalue weighted by Gasteiger charge is -2.29. The zero-order valence-electron chi connectivity index (χ0n) is 17.7. The molecule has 2 aliphatic rings. The number of esters is 1. The zero-order valence-corrected chi connectivity index (χ0v) is 18.5. The van der Waals surface area contributed by atoms with Crippen LogP contribution in [0.15, 0.2) is 53.6 Å². The highest BCUT2D eigenvalue weighted by atomic mass is 32.1. The Morgan fingerprint density at radius 1 is 1.25 bits per heavy atom. The number of nitrogens with zero attached hydrogens (tertiary/aromatic N) is 1. The van der Waals surface area contributed by atoms with Gasteiger partial charge in [-0.3, -0.25) is 9.69 Å². The third kappa shape index (κ3) is 3.70. The SMILES string of the molecule is COC(=O)c1ccc(/C=C2\Oc3c4c(cc(C)c3C2=O)OCN(Cc2cccs2)C4)cc1. The fraction of sp³-hybridized carbons (Fsp3) is 0.200. The number of Topliss-reactive ketones (excluding diaryl/α,β-unsaturated/α-hetero) is 1. The molecule has 162 valence electrons. The first-order chi connectivity index (χ1) is 15.5. The summed E-state index contributed by atoms with van der Waals surface area (Å²) in [5.41, 5.74) is 3.52. The molecule has 0 saturated carbocycles. The van der Waals surface area contributed by atoms with Crippen molar-refractivity contribution in [1.29, 1.82) is 0 Å². The molecule has 0 N–H and O–H groups in total. The Morgan fingerprint density at radius 3 is 2.78 bits per heavy atom. The fourth-order valence-corrected chi connectivity index (χ4v) is 4.73. The average molecular weight is 448 g/mol. The van der Waals surface area contributed by atoms with Crippen LogP contribution >= 0.6 is 11.3 Å². The third-order valence-corrected chi connectivity index (χ3v) is 6.44. The number of allylic oxidation sites excluding steroid dienone is 1. The number of aryl methyl sites for hydroxylation is 1. The summed E-state index contributed by atoms with van der Waals surface area (Å²) in [4.78, 5) is 28.2. The molecule has 32 heavy (non-hydrogen) atoms. The van der Waals surface area contributed by atoms with Gasteiger partial charge in [-0.1, -0.05) is 18.2 Å². The number of thiophene rings is 1. The third-order valence-electron chi connectivity index (χ3n) is 5.58. The summed E-state index contributed by atoms with van der Waals surface area (Å²) < 4.78 is 16.8. The minimum absolute atomic E-state index is 0.146. The molecule has 0 radical (unpaired) electrons. The largest absolute Gasteiger partial charge is 0.478 e. The van der Waals surface area contributed by atoms with Crippen molar-refractivity contribution in [1.82, 2.24) is 4.90 Å². The van der Waals surface area contributed by atoms with Gasteiger partial charge in [0.25, 0.3) is 0 Å². The van der Waals surface area contributed by atoms with E-state index in [1.54, 1.807) is 41.7 Å². The van der Waals surface area contributed by atoms with E-state index in [1.165, 1.54) is 12.0 Å². The van der Waals surface area contributed by atoms with E-state index in [4.69, 9.17) is 14.2 Å². The molecular weight excluding hydrogens is 426 g/mol. The van der Waals surface area contributed by atoms with Crippen LogP contribution in [0, 0.1) is 6.92 Å². The van der Waals surface area contributed by atoms with Crippen molar-refractivity contribution in [2.45, 2.75) is 20.0 Å². The number of carbonyl (C=O) groups is 2. The van der Waals surface area contributed by atoms with E-state index >= 15 is 0 Å². The molecule has 2 aliphatic heterocycles. The Kier molecular flexibility index (Phi) is 5.28. The van der Waals surface area contributed by atoms with Gasteiger partial charge >= 0.3 is 5.97 Å². The number of fused-ring (bicyclic) bond motifs is 3. The molecule has 7 heteroatoms. The molecule has 0 spiro atoms. The highest BCUT2D eigenvalue weighted by Crippen LogP contribution is 2.44. The molecule has 0 unspecified atom stereocenters. The lowest BCUT2D eigenvalue weighted by atomic mass is 9.98. The Hall–Kier alpha value is -3.42. The van der Waals surface area contributed by atoms with Gasteiger partial charge in [0.2, 0.25) is 5.78 Å².